The lowest BCUT2D eigenvalue weighted by molar-refractivity contribution is 1.23. The molecule has 0 saturated carbocycles. The van der Waals surface area contributed by atoms with Gasteiger partial charge in [0.15, 0.2) is 0 Å². The first-order valence-electron chi connectivity index (χ1n) is 3.55. The van der Waals surface area contributed by atoms with Gasteiger partial charge in [-0.2, -0.15) is 0 Å². The van der Waals surface area contributed by atoms with Crippen LogP contribution in [0, 0.1) is 0 Å². The Morgan fingerprint density at radius 1 is 1.46 bits per heavy atom. The van der Waals surface area contributed by atoms with Gasteiger partial charge < -0.3 is 0 Å². The van der Waals surface area contributed by atoms with Crippen molar-refractivity contribution in [1.82, 2.24) is 4.98 Å². The van der Waals surface area contributed by atoms with Gasteiger partial charge in [-0.1, -0.05) is 0 Å². The molecule has 0 unspecified atom stereocenters. The minimum atomic E-state index is 0.486. The van der Waals surface area contributed by atoms with Crippen molar-refractivity contribution in [2.45, 2.75) is 5.88 Å². The van der Waals surface area contributed by atoms with E-state index in [4.69, 9.17) is 11.6 Å². The molecule has 0 radical (unpaired) electrons. The van der Waals surface area contributed by atoms with Gasteiger partial charge in [-0.25, -0.2) is 4.98 Å². The van der Waals surface area contributed by atoms with Crippen LogP contribution < -0.4 is 0 Å². The smallest absolute Gasteiger partial charge is 0.134 e. The lowest BCUT2D eigenvalue weighted by atomic mass is 10.5. The largest absolute Gasteiger partial charge is 0.239 e. The van der Waals surface area contributed by atoms with Crippen LogP contribution in [0.5, 0.6) is 0 Å². The number of alkyl halides is 1. The average molecular weight is 295 g/mol. The summed E-state index contributed by atoms with van der Waals surface area (Å²) in [5, 5.41) is 5.08. The fraction of sp³-hybridized carbons (Fsp3) is 0.125. The molecule has 0 aromatic carbocycles. The van der Waals surface area contributed by atoms with Gasteiger partial charge in [-0.05, 0) is 27.4 Å². The highest BCUT2D eigenvalue weighted by atomic mass is 79.9. The van der Waals surface area contributed by atoms with Gasteiger partial charge in [-0.3, -0.25) is 0 Å². The fourth-order valence-corrected chi connectivity index (χ4v) is 3.78. The summed E-state index contributed by atoms with van der Waals surface area (Å²) < 4.78 is 1.10. The molecular weight excluding hydrogens is 290 g/mol. The summed E-state index contributed by atoms with van der Waals surface area (Å²) in [4.78, 5) is 5.58. The second-order valence-corrected chi connectivity index (χ2v) is 5.27. The number of halogens is 2. The molecule has 2 aromatic heterocycles. The second-order valence-electron chi connectivity index (χ2n) is 2.38. The van der Waals surface area contributed by atoms with E-state index in [-0.39, 0.29) is 0 Å². The average Bonchev–Trinajstić information content (AvgIpc) is 2.71. The van der Waals surface area contributed by atoms with E-state index in [0.717, 1.165) is 15.2 Å². The normalized spacial score (nSPS) is 10.6. The highest BCUT2D eigenvalue weighted by Gasteiger charge is 2.08. The maximum atomic E-state index is 5.68. The quantitative estimate of drug-likeness (QED) is 0.749. The van der Waals surface area contributed by atoms with Gasteiger partial charge in [0.2, 0.25) is 0 Å². The van der Waals surface area contributed by atoms with E-state index >= 15 is 0 Å². The zero-order valence-electron chi connectivity index (χ0n) is 6.46. The minimum absolute atomic E-state index is 0.486. The van der Waals surface area contributed by atoms with Gasteiger partial charge in [-0.15, -0.1) is 34.3 Å². The topological polar surface area (TPSA) is 12.9 Å². The van der Waals surface area contributed by atoms with Crippen LogP contribution in [-0.2, 0) is 5.88 Å². The van der Waals surface area contributed by atoms with Crippen molar-refractivity contribution in [1.29, 1.82) is 0 Å². The molecule has 0 saturated heterocycles. The first-order valence-corrected chi connectivity index (χ1v) is 6.63. The van der Waals surface area contributed by atoms with Crippen LogP contribution in [0.3, 0.4) is 0 Å². The minimum Gasteiger partial charge on any atom is -0.239 e. The maximum absolute atomic E-state index is 5.68. The van der Waals surface area contributed by atoms with Crippen LogP contribution in [0.15, 0.2) is 21.3 Å². The Hall–Kier alpha value is 0.1000. The van der Waals surface area contributed by atoms with E-state index in [1.807, 2.05) is 16.8 Å². The first-order chi connectivity index (χ1) is 6.31. The molecule has 0 atom stereocenters. The number of hydrogen-bond donors (Lipinski definition) is 0. The van der Waals surface area contributed by atoms with Crippen LogP contribution in [0.1, 0.15) is 5.69 Å². The number of thiophene rings is 1. The Morgan fingerprint density at radius 3 is 2.85 bits per heavy atom. The van der Waals surface area contributed by atoms with Gasteiger partial charge in [0, 0.05) is 9.85 Å². The highest BCUT2D eigenvalue weighted by Crippen LogP contribution is 2.35. The number of thiazole rings is 1. The molecule has 68 valence electrons. The molecule has 0 fully saturated rings. The van der Waals surface area contributed by atoms with Crippen molar-refractivity contribution in [3.05, 3.63) is 27.0 Å². The standard InChI is InChI=1S/C8H5BrClNS2/c9-6-1-2-12-7(6)8-11-5(3-10)4-13-8/h1-2,4H,3H2. The van der Waals surface area contributed by atoms with Crippen LogP contribution in [0.25, 0.3) is 9.88 Å². The second kappa shape index (κ2) is 4.09. The molecule has 1 nitrogen and oxygen atoms in total. The van der Waals surface area contributed by atoms with Crippen molar-refractivity contribution < 1.29 is 0 Å². The Balaban J connectivity index is 2.41. The van der Waals surface area contributed by atoms with E-state index in [9.17, 15) is 0 Å². The van der Waals surface area contributed by atoms with Crippen molar-refractivity contribution in [3.8, 4) is 9.88 Å². The zero-order valence-corrected chi connectivity index (χ0v) is 10.4. The van der Waals surface area contributed by atoms with Crippen LogP contribution >= 0.6 is 50.2 Å². The SMILES string of the molecule is ClCc1csc(-c2sccc2Br)n1. The van der Waals surface area contributed by atoms with Crippen molar-refractivity contribution in [2.24, 2.45) is 0 Å². The third kappa shape index (κ3) is 1.96. The lowest BCUT2D eigenvalue weighted by Crippen LogP contribution is -1.76. The third-order valence-corrected chi connectivity index (χ3v) is 4.66. The Bertz CT molecular complexity index is 410. The summed E-state index contributed by atoms with van der Waals surface area (Å²) >= 11 is 12.5. The van der Waals surface area contributed by atoms with E-state index in [0.29, 0.717) is 5.88 Å². The third-order valence-electron chi connectivity index (χ3n) is 1.50. The molecular formula is C8H5BrClNS2. The molecule has 5 heteroatoms. The van der Waals surface area contributed by atoms with Crippen LogP contribution in [0.2, 0.25) is 0 Å². The summed E-state index contributed by atoms with van der Waals surface area (Å²) in [6, 6.07) is 2.03. The van der Waals surface area contributed by atoms with Gasteiger partial charge in [0.05, 0.1) is 16.5 Å². The molecule has 2 heterocycles. The van der Waals surface area contributed by atoms with E-state index in [2.05, 4.69) is 20.9 Å². The Kier molecular flexibility index (Phi) is 3.03. The summed E-state index contributed by atoms with van der Waals surface area (Å²) in [7, 11) is 0. The number of hydrogen-bond acceptors (Lipinski definition) is 3. The molecule has 0 bridgehead atoms. The summed E-state index contributed by atoms with van der Waals surface area (Å²) in [6.45, 7) is 0. The molecule has 0 amide bonds. The Labute approximate surface area is 97.5 Å². The molecule has 2 rings (SSSR count). The first kappa shape index (κ1) is 9.65. The van der Waals surface area contributed by atoms with Crippen molar-refractivity contribution >= 4 is 50.2 Å². The maximum Gasteiger partial charge on any atom is 0.134 e. The highest BCUT2D eigenvalue weighted by molar-refractivity contribution is 9.10. The molecule has 13 heavy (non-hydrogen) atoms. The van der Waals surface area contributed by atoms with Crippen molar-refractivity contribution in [3.63, 3.8) is 0 Å². The monoisotopic (exact) mass is 293 g/mol. The van der Waals surface area contributed by atoms with Crippen molar-refractivity contribution in [2.75, 3.05) is 0 Å². The number of nitrogens with zero attached hydrogens (tertiary/aromatic N) is 1. The van der Waals surface area contributed by atoms with E-state index in [1.54, 1.807) is 22.7 Å². The molecule has 0 aliphatic heterocycles. The van der Waals surface area contributed by atoms with Crippen LogP contribution in [0.4, 0.5) is 0 Å². The summed E-state index contributed by atoms with van der Waals surface area (Å²) in [5.74, 6) is 0.486. The van der Waals surface area contributed by atoms with Gasteiger partial charge in [0.25, 0.3) is 0 Å². The van der Waals surface area contributed by atoms with Gasteiger partial charge >= 0.3 is 0 Å². The molecule has 2 aromatic rings. The molecule has 0 aliphatic rings. The Morgan fingerprint density at radius 2 is 2.31 bits per heavy atom. The summed E-state index contributed by atoms with van der Waals surface area (Å²) in [5.41, 5.74) is 0.946. The van der Waals surface area contributed by atoms with E-state index < -0.39 is 0 Å². The lowest BCUT2D eigenvalue weighted by Gasteiger charge is -1.90. The molecule has 0 spiro atoms. The molecule has 0 N–H and O–H groups in total. The predicted octanol–water partition coefficient (Wildman–Crippen LogP) is 4.37. The van der Waals surface area contributed by atoms with Crippen LogP contribution in [-0.4, -0.2) is 4.98 Å². The number of aromatic nitrogens is 1. The zero-order chi connectivity index (χ0) is 9.26. The fourth-order valence-electron chi connectivity index (χ4n) is 0.919. The summed E-state index contributed by atoms with van der Waals surface area (Å²) in [6.07, 6.45) is 0. The van der Waals surface area contributed by atoms with E-state index in [1.165, 1.54) is 4.88 Å². The number of rotatable bonds is 2. The molecule has 0 aliphatic carbocycles. The predicted molar refractivity (Wildman–Crippen MR) is 62.7 cm³/mol. The van der Waals surface area contributed by atoms with Gasteiger partial charge in [0.1, 0.15) is 5.01 Å².